The van der Waals surface area contributed by atoms with E-state index < -0.39 is 0 Å². The molecule has 2 rings (SSSR count). The summed E-state index contributed by atoms with van der Waals surface area (Å²) in [6.07, 6.45) is 0.820. The minimum absolute atomic E-state index is 0.151. The SMILES string of the molecule is CCc1ccsc1C(=O)Nc1ccc(C(N)=S)cc1Cl. The van der Waals surface area contributed by atoms with Crippen molar-refractivity contribution in [2.75, 3.05) is 5.32 Å². The van der Waals surface area contributed by atoms with E-state index >= 15 is 0 Å². The fourth-order valence-corrected chi connectivity index (χ4v) is 3.01. The Morgan fingerprint density at radius 1 is 1.45 bits per heavy atom. The third-order valence-corrected chi connectivity index (χ3v) is 4.34. The molecular weight excluding hydrogens is 312 g/mol. The molecule has 0 saturated carbocycles. The second-order valence-corrected chi connectivity index (χ2v) is 5.90. The predicted molar refractivity (Wildman–Crippen MR) is 89.0 cm³/mol. The maximum atomic E-state index is 12.2. The molecule has 0 saturated heterocycles. The lowest BCUT2D eigenvalue weighted by Crippen LogP contribution is -2.13. The molecule has 0 radical (unpaired) electrons. The van der Waals surface area contributed by atoms with Gasteiger partial charge in [-0.05, 0) is 41.6 Å². The topological polar surface area (TPSA) is 55.1 Å². The Morgan fingerprint density at radius 3 is 2.80 bits per heavy atom. The first-order chi connectivity index (χ1) is 9.52. The smallest absolute Gasteiger partial charge is 0.266 e. The molecule has 3 N–H and O–H groups in total. The zero-order valence-corrected chi connectivity index (χ0v) is 13.2. The first-order valence-corrected chi connectivity index (χ1v) is 7.66. The van der Waals surface area contributed by atoms with Crippen molar-refractivity contribution in [1.82, 2.24) is 0 Å². The fourth-order valence-electron chi connectivity index (χ4n) is 1.76. The molecule has 0 aliphatic carbocycles. The summed E-state index contributed by atoms with van der Waals surface area (Å²) < 4.78 is 0. The maximum absolute atomic E-state index is 12.2. The Morgan fingerprint density at radius 2 is 2.20 bits per heavy atom. The van der Waals surface area contributed by atoms with E-state index in [9.17, 15) is 4.79 Å². The van der Waals surface area contributed by atoms with E-state index in [-0.39, 0.29) is 10.9 Å². The molecule has 6 heteroatoms. The number of nitrogens with one attached hydrogen (secondary N) is 1. The number of hydrogen-bond donors (Lipinski definition) is 2. The lowest BCUT2D eigenvalue weighted by atomic mass is 10.2. The van der Waals surface area contributed by atoms with Gasteiger partial charge in [0.15, 0.2) is 0 Å². The molecule has 0 bridgehead atoms. The van der Waals surface area contributed by atoms with Gasteiger partial charge in [-0.1, -0.05) is 30.7 Å². The Bertz CT molecular complexity index is 667. The second kappa shape index (κ2) is 6.35. The van der Waals surface area contributed by atoms with Crippen molar-refractivity contribution in [2.24, 2.45) is 5.73 Å². The summed E-state index contributed by atoms with van der Waals surface area (Å²) in [5.74, 6) is -0.151. The van der Waals surface area contributed by atoms with Gasteiger partial charge in [-0.25, -0.2) is 0 Å². The van der Waals surface area contributed by atoms with Gasteiger partial charge in [-0.2, -0.15) is 0 Å². The number of halogens is 1. The second-order valence-electron chi connectivity index (χ2n) is 4.14. The molecule has 0 aliphatic rings. The van der Waals surface area contributed by atoms with Crippen molar-refractivity contribution in [3.63, 3.8) is 0 Å². The van der Waals surface area contributed by atoms with Gasteiger partial charge >= 0.3 is 0 Å². The maximum Gasteiger partial charge on any atom is 0.266 e. The Kier molecular flexibility index (Phi) is 4.75. The molecule has 0 unspecified atom stereocenters. The Balaban J connectivity index is 2.22. The average molecular weight is 325 g/mol. The van der Waals surface area contributed by atoms with E-state index in [2.05, 4.69) is 5.32 Å². The molecule has 2 aromatic rings. The number of carbonyl (C=O) groups excluding carboxylic acids is 1. The van der Waals surface area contributed by atoms with Crippen LogP contribution in [-0.4, -0.2) is 10.9 Å². The van der Waals surface area contributed by atoms with E-state index in [1.807, 2.05) is 18.4 Å². The lowest BCUT2D eigenvalue weighted by Gasteiger charge is -2.08. The summed E-state index contributed by atoms with van der Waals surface area (Å²) in [5.41, 5.74) is 7.79. The third kappa shape index (κ3) is 3.17. The summed E-state index contributed by atoms with van der Waals surface area (Å²) in [6.45, 7) is 2.02. The van der Waals surface area contributed by atoms with Crippen LogP contribution in [0.4, 0.5) is 5.69 Å². The van der Waals surface area contributed by atoms with Crippen molar-refractivity contribution in [3.05, 3.63) is 50.7 Å². The molecule has 0 fully saturated rings. The highest BCUT2D eigenvalue weighted by atomic mass is 35.5. The number of carbonyl (C=O) groups is 1. The summed E-state index contributed by atoms with van der Waals surface area (Å²) in [5, 5.41) is 5.13. The number of anilines is 1. The molecule has 20 heavy (non-hydrogen) atoms. The minimum atomic E-state index is -0.151. The quantitative estimate of drug-likeness (QED) is 0.840. The van der Waals surface area contributed by atoms with Gasteiger partial charge in [-0.3, -0.25) is 4.79 Å². The van der Waals surface area contributed by atoms with E-state index in [0.717, 1.165) is 12.0 Å². The van der Waals surface area contributed by atoms with Crippen LogP contribution in [0.15, 0.2) is 29.6 Å². The number of amides is 1. The third-order valence-electron chi connectivity index (χ3n) is 2.84. The Hall–Kier alpha value is -1.43. The van der Waals surface area contributed by atoms with Crippen molar-refractivity contribution >= 4 is 51.7 Å². The summed E-state index contributed by atoms with van der Waals surface area (Å²) >= 11 is 12.4. The van der Waals surface area contributed by atoms with Crippen molar-refractivity contribution < 1.29 is 4.79 Å². The van der Waals surface area contributed by atoms with Gasteiger partial charge in [-0.15, -0.1) is 11.3 Å². The highest BCUT2D eigenvalue weighted by Crippen LogP contribution is 2.25. The fraction of sp³-hybridized carbons (Fsp3) is 0.143. The number of rotatable bonds is 4. The van der Waals surface area contributed by atoms with Gasteiger partial charge in [0.2, 0.25) is 0 Å². The standard InChI is InChI=1S/C14H13ClN2OS2/c1-2-8-5-6-20-12(8)14(18)17-11-4-3-9(13(16)19)7-10(11)15/h3-7H,2H2,1H3,(H2,16,19)(H,17,18). The van der Waals surface area contributed by atoms with Crippen LogP contribution in [0.1, 0.15) is 27.7 Å². The van der Waals surface area contributed by atoms with Crippen molar-refractivity contribution in [3.8, 4) is 0 Å². The number of hydrogen-bond acceptors (Lipinski definition) is 3. The first-order valence-electron chi connectivity index (χ1n) is 6.00. The van der Waals surface area contributed by atoms with Gasteiger partial charge in [0.05, 0.1) is 15.6 Å². The van der Waals surface area contributed by atoms with Crippen LogP contribution in [0.5, 0.6) is 0 Å². The molecule has 0 atom stereocenters. The summed E-state index contributed by atoms with van der Waals surface area (Å²) in [7, 11) is 0. The molecular formula is C14H13ClN2OS2. The number of benzene rings is 1. The first kappa shape index (κ1) is 15.0. The van der Waals surface area contributed by atoms with E-state index in [0.29, 0.717) is 21.2 Å². The molecule has 1 heterocycles. The molecule has 3 nitrogen and oxygen atoms in total. The van der Waals surface area contributed by atoms with E-state index in [1.54, 1.807) is 18.2 Å². The van der Waals surface area contributed by atoms with Gasteiger partial charge < -0.3 is 11.1 Å². The van der Waals surface area contributed by atoms with Crippen LogP contribution in [0.2, 0.25) is 5.02 Å². The number of thiophene rings is 1. The number of thiocarbonyl (C=S) groups is 1. The molecule has 1 aromatic carbocycles. The molecule has 0 aliphatic heterocycles. The lowest BCUT2D eigenvalue weighted by molar-refractivity contribution is 0.103. The average Bonchev–Trinajstić information content (AvgIpc) is 2.89. The van der Waals surface area contributed by atoms with E-state index in [4.69, 9.17) is 29.6 Å². The van der Waals surface area contributed by atoms with Crippen LogP contribution in [0.3, 0.4) is 0 Å². The molecule has 1 amide bonds. The van der Waals surface area contributed by atoms with Crippen LogP contribution in [0, 0.1) is 0 Å². The molecule has 104 valence electrons. The monoisotopic (exact) mass is 324 g/mol. The molecule has 0 spiro atoms. The van der Waals surface area contributed by atoms with Crippen molar-refractivity contribution in [1.29, 1.82) is 0 Å². The predicted octanol–water partition coefficient (Wildman–Crippen LogP) is 3.85. The molecule has 1 aromatic heterocycles. The zero-order valence-electron chi connectivity index (χ0n) is 10.8. The highest BCUT2D eigenvalue weighted by molar-refractivity contribution is 7.80. The summed E-state index contributed by atoms with van der Waals surface area (Å²) in [6, 6.07) is 7.04. The van der Waals surface area contributed by atoms with Crippen LogP contribution in [-0.2, 0) is 6.42 Å². The minimum Gasteiger partial charge on any atom is -0.389 e. The highest BCUT2D eigenvalue weighted by Gasteiger charge is 2.14. The van der Waals surface area contributed by atoms with Crippen LogP contribution < -0.4 is 11.1 Å². The van der Waals surface area contributed by atoms with Crippen molar-refractivity contribution in [2.45, 2.75) is 13.3 Å². The summed E-state index contributed by atoms with van der Waals surface area (Å²) in [4.78, 5) is 13.2. The van der Waals surface area contributed by atoms with E-state index in [1.165, 1.54) is 11.3 Å². The largest absolute Gasteiger partial charge is 0.389 e. The van der Waals surface area contributed by atoms with Gasteiger partial charge in [0.25, 0.3) is 5.91 Å². The number of aryl methyl sites for hydroxylation is 1. The normalized spacial score (nSPS) is 10.3. The zero-order chi connectivity index (χ0) is 14.7. The number of nitrogens with two attached hydrogens (primary N) is 1. The van der Waals surface area contributed by atoms with Crippen LogP contribution in [0.25, 0.3) is 0 Å². The van der Waals surface area contributed by atoms with Crippen LogP contribution >= 0.6 is 35.2 Å². The van der Waals surface area contributed by atoms with Gasteiger partial charge in [0.1, 0.15) is 4.99 Å². The Labute approximate surface area is 131 Å². The van der Waals surface area contributed by atoms with Gasteiger partial charge in [0, 0.05) is 5.56 Å².